The van der Waals surface area contributed by atoms with Crippen LogP contribution in [0.25, 0.3) is 0 Å². The topological polar surface area (TPSA) is 26.8 Å². The molecular weight excluding hydrogens is 322 g/mol. The number of carbonyl (C=O) groups excluding carboxylic acids is 1. The van der Waals surface area contributed by atoms with E-state index in [2.05, 4.69) is 21.9 Å². The second-order valence-corrected chi connectivity index (χ2v) is 8.85. The van der Waals surface area contributed by atoms with Crippen molar-refractivity contribution in [2.75, 3.05) is 45.2 Å². The van der Waals surface area contributed by atoms with E-state index >= 15 is 0 Å². The molecule has 2 heterocycles. The minimum absolute atomic E-state index is 0.0763. The van der Waals surface area contributed by atoms with Crippen LogP contribution >= 0.6 is 0 Å². The molecular formula is C22H33N3O. The van der Waals surface area contributed by atoms with Gasteiger partial charge in [-0.1, -0.05) is 6.42 Å². The predicted molar refractivity (Wildman–Crippen MR) is 107 cm³/mol. The van der Waals surface area contributed by atoms with Gasteiger partial charge in [-0.2, -0.15) is 0 Å². The lowest BCUT2D eigenvalue weighted by atomic mass is 9.70. The molecule has 4 heteroatoms. The van der Waals surface area contributed by atoms with Gasteiger partial charge < -0.3 is 14.7 Å². The minimum Gasteiger partial charge on any atom is -0.371 e. The molecule has 1 amide bonds. The fourth-order valence-electron chi connectivity index (χ4n) is 4.93. The van der Waals surface area contributed by atoms with Gasteiger partial charge in [0.25, 0.3) is 5.91 Å². The van der Waals surface area contributed by atoms with Crippen molar-refractivity contribution >= 4 is 11.6 Å². The highest BCUT2D eigenvalue weighted by atomic mass is 16.2. The second kappa shape index (κ2) is 7.22. The van der Waals surface area contributed by atoms with Gasteiger partial charge in [-0.25, -0.2) is 0 Å². The summed E-state index contributed by atoms with van der Waals surface area (Å²) in [7, 11) is 3.60. The Morgan fingerprint density at radius 2 is 1.54 bits per heavy atom. The zero-order valence-corrected chi connectivity index (χ0v) is 16.4. The highest BCUT2D eigenvalue weighted by molar-refractivity contribution is 5.94. The van der Waals surface area contributed by atoms with Crippen LogP contribution in [0.4, 0.5) is 5.69 Å². The molecule has 0 radical (unpaired) electrons. The van der Waals surface area contributed by atoms with Gasteiger partial charge in [0, 0.05) is 44.5 Å². The number of likely N-dealkylation sites (tertiary alicyclic amines) is 1. The molecule has 0 aromatic heterocycles. The van der Waals surface area contributed by atoms with Crippen molar-refractivity contribution in [1.82, 2.24) is 9.80 Å². The van der Waals surface area contributed by atoms with Crippen molar-refractivity contribution in [2.24, 2.45) is 5.41 Å². The van der Waals surface area contributed by atoms with Crippen LogP contribution in [0.1, 0.15) is 55.3 Å². The molecule has 1 spiro atoms. The summed E-state index contributed by atoms with van der Waals surface area (Å²) >= 11 is 0. The van der Waals surface area contributed by atoms with Crippen LogP contribution in [0.15, 0.2) is 24.3 Å². The number of amides is 1. The lowest BCUT2D eigenvalue weighted by Gasteiger charge is -2.50. The number of carbonyl (C=O) groups is 1. The Kier molecular flexibility index (Phi) is 4.96. The van der Waals surface area contributed by atoms with E-state index in [1.54, 1.807) is 19.0 Å². The SMILES string of the molecule is CN(C)C(=O)c1ccc(N2CCC3(CC2)CCN(C2CCC2)CC3)cc1. The zero-order chi connectivity index (χ0) is 18.1. The smallest absolute Gasteiger partial charge is 0.253 e. The highest BCUT2D eigenvalue weighted by Crippen LogP contribution is 2.43. The summed E-state index contributed by atoms with van der Waals surface area (Å²) in [6.07, 6.45) is 9.76. The maximum atomic E-state index is 12.0. The molecule has 1 aliphatic carbocycles. The monoisotopic (exact) mass is 355 g/mol. The molecule has 1 saturated carbocycles. The molecule has 3 aliphatic rings. The maximum absolute atomic E-state index is 12.0. The minimum atomic E-state index is 0.0763. The van der Waals surface area contributed by atoms with Crippen LogP contribution < -0.4 is 4.90 Å². The van der Waals surface area contributed by atoms with Crippen LogP contribution in [-0.4, -0.2) is 62.0 Å². The number of nitrogens with zero attached hydrogens (tertiary/aromatic N) is 3. The van der Waals surface area contributed by atoms with Crippen molar-refractivity contribution < 1.29 is 4.79 Å². The first-order chi connectivity index (χ1) is 12.6. The molecule has 0 unspecified atom stereocenters. The third-order valence-electron chi connectivity index (χ3n) is 7.16. The van der Waals surface area contributed by atoms with E-state index in [0.717, 1.165) is 24.7 Å². The summed E-state index contributed by atoms with van der Waals surface area (Å²) in [5.41, 5.74) is 2.63. The standard InChI is InChI=1S/C22H33N3O/c1-23(2)21(26)18-6-8-20(9-7-18)25-16-12-22(13-17-25)10-14-24(15-11-22)19-4-3-5-19/h6-9,19H,3-5,10-17H2,1-2H3. The van der Waals surface area contributed by atoms with Gasteiger partial charge in [0.05, 0.1) is 0 Å². The van der Waals surface area contributed by atoms with Crippen molar-refractivity contribution in [1.29, 1.82) is 0 Å². The number of hydrogen-bond donors (Lipinski definition) is 0. The number of anilines is 1. The fraction of sp³-hybridized carbons (Fsp3) is 0.682. The predicted octanol–water partition coefficient (Wildman–Crippen LogP) is 3.62. The molecule has 4 nitrogen and oxygen atoms in total. The van der Waals surface area contributed by atoms with Crippen molar-refractivity contribution in [3.63, 3.8) is 0 Å². The second-order valence-electron chi connectivity index (χ2n) is 8.85. The fourth-order valence-corrected chi connectivity index (χ4v) is 4.93. The molecule has 142 valence electrons. The van der Waals surface area contributed by atoms with E-state index in [1.807, 2.05) is 12.1 Å². The number of piperidine rings is 2. The molecule has 4 rings (SSSR count). The van der Waals surface area contributed by atoms with E-state index in [4.69, 9.17) is 0 Å². The lowest BCUT2D eigenvalue weighted by molar-refractivity contribution is 0.0306. The normalized spacial score (nSPS) is 23.7. The Bertz CT molecular complexity index is 617. The van der Waals surface area contributed by atoms with Crippen molar-refractivity contribution in [3.05, 3.63) is 29.8 Å². The molecule has 1 aromatic rings. The van der Waals surface area contributed by atoms with E-state index in [9.17, 15) is 4.79 Å². The molecule has 1 aromatic carbocycles. The van der Waals surface area contributed by atoms with Crippen LogP contribution in [0, 0.1) is 5.41 Å². The molecule has 26 heavy (non-hydrogen) atoms. The van der Waals surface area contributed by atoms with Crippen molar-refractivity contribution in [2.45, 2.75) is 51.0 Å². The lowest BCUT2D eigenvalue weighted by Crippen LogP contribution is -2.50. The Balaban J connectivity index is 1.31. The van der Waals surface area contributed by atoms with Gasteiger partial charge in [-0.3, -0.25) is 4.79 Å². The van der Waals surface area contributed by atoms with Gasteiger partial charge in [-0.15, -0.1) is 0 Å². The summed E-state index contributed by atoms with van der Waals surface area (Å²) in [4.78, 5) is 19.0. The number of hydrogen-bond acceptors (Lipinski definition) is 3. The third-order valence-corrected chi connectivity index (χ3v) is 7.16. The largest absolute Gasteiger partial charge is 0.371 e. The molecule has 0 N–H and O–H groups in total. The molecule has 2 saturated heterocycles. The Labute approximate surface area is 158 Å². The Morgan fingerprint density at radius 1 is 0.962 bits per heavy atom. The highest BCUT2D eigenvalue weighted by Gasteiger charge is 2.39. The van der Waals surface area contributed by atoms with Crippen LogP contribution in [0.5, 0.6) is 0 Å². The average Bonchev–Trinajstić information content (AvgIpc) is 2.62. The van der Waals surface area contributed by atoms with Crippen LogP contribution in [0.3, 0.4) is 0 Å². The van der Waals surface area contributed by atoms with Crippen molar-refractivity contribution in [3.8, 4) is 0 Å². The van der Waals surface area contributed by atoms with Crippen LogP contribution in [0.2, 0.25) is 0 Å². The molecule has 0 atom stereocenters. The van der Waals surface area contributed by atoms with Gasteiger partial charge >= 0.3 is 0 Å². The van der Waals surface area contributed by atoms with Gasteiger partial charge in [0.2, 0.25) is 0 Å². The molecule has 0 bridgehead atoms. The number of benzene rings is 1. The van der Waals surface area contributed by atoms with E-state index in [-0.39, 0.29) is 5.91 Å². The third kappa shape index (κ3) is 3.48. The average molecular weight is 356 g/mol. The van der Waals surface area contributed by atoms with Crippen LogP contribution in [-0.2, 0) is 0 Å². The first kappa shape index (κ1) is 17.8. The quantitative estimate of drug-likeness (QED) is 0.828. The zero-order valence-electron chi connectivity index (χ0n) is 16.4. The summed E-state index contributed by atoms with van der Waals surface area (Å²) in [6.45, 7) is 4.97. The van der Waals surface area contributed by atoms with Gasteiger partial charge in [0.1, 0.15) is 0 Å². The van der Waals surface area contributed by atoms with E-state index in [0.29, 0.717) is 5.41 Å². The summed E-state index contributed by atoms with van der Waals surface area (Å²) in [5.74, 6) is 0.0763. The summed E-state index contributed by atoms with van der Waals surface area (Å²) in [5, 5.41) is 0. The molecule has 2 aliphatic heterocycles. The first-order valence-corrected chi connectivity index (χ1v) is 10.4. The summed E-state index contributed by atoms with van der Waals surface area (Å²) in [6, 6.07) is 9.09. The molecule has 3 fully saturated rings. The summed E-state index contributed by atoms with van der Waals surface area (Å²) < 4.78 is 0. The van der Waals surface area contributed by atoms with Gasteiger partial charge in [0.15, 0.2) is 0 Å². The first-order valence-electron chi connectivity index (χ1n) is 10.4. The van der Waals surface area contributed by atoms with E-state index < -0.39 is 0 Å². The number of rotatable bonds is 3. The Morgan fingerprint density at radius 3 is 2.04 bits per heavy atom. The Hall–Kier alpha value is -1.55. The maximum Gasteiger partial charge on any atom is 0.253 e. The van der Waals surface area contributed by atoms with E-state index in [1.165, 1.54) is 63.7 Å². The van der Waals surface area contributed by atoms with Gasteiger partial charge in [-0.05, 0) is 81.3 Å².